The summed E-state index contributed by atoms with van der Waals surface area (Å²) >= 11 is 4.29. The molecule has 0 aliphatic rings. The zero-order chi connectivity index (χ0) is 17.3. The molecule has 118 valence electrons. The molecule has 0 fully saturated rings. The number of nitrogen functional groups attached to an aromatic ring is 1. The van der Waals surface area contributed by atoms with E-state index in [-0.39, 0.29) is 17.3 Å². The van der Waals surface area contributed by atoms with Crippen molar-refractivity contribution in [3.8, 4) is 11.1 Å². The molecule has 2 aromatic carbocycles. The fourth-order valence-corrected chi connectivity index (χ4v) is 2.62. The van der Waals surface area contributed by atoms with E-state index in [1.807, 2.05) is 0 Å². The molecule has 0 radical (unpaired) electrons. The van der Waals surface area contributed by atoms with E-state index in [1.165, 1.54) is 32.9 Å². The number of carbonyl (C=O) groups excluding carboxylic acids is 3. The molecule has 0 bridgehead atoms. The van der Waals surface area contributed by atoms with Gasteiger partial charge < -0.3 is 5.73 Å². The molecule has 0 heterocycles. The summed E-state index contributed by atoms with van der Waals surface area (Å²) in [6.07, 6.45) is 0. The maximum atomic E-state index is 12.1. The third-order valence-corrected chi connectivity index (χ3v) is 4.01. The highest BCUT2D eigenvalue weighted by Crippen LogP contribution is 2.33. The van der Waals surface area contributed by atoms with E-state index in [1.54, 1.807) is 18.2 Å². The largest absolute Gasteiger partial charge is 0.398 e. The molecule has 4 nitrogen and oxygen atoms in total. The lowest BCUT2D eigenvalue weighted by Gasteiger charge is -2.15. The van der Waals surface area contributed by atoms with Crippen LogP contribution in [0.2, 0.25) is 0 Å². The quantitative estimate of drug-likeness (QED) is 0.508. The second kappa shape index (κ2) is 6.38. The molecular weight excluding hydrogens is 310 g/mol. The number of rotatable bonds is 4. The minimum atomic E-state index is -0.219. The monoisotopic (exact) mass is 327 g/mol. The van der Waals surface area contributed by atoms with Crippen molar-refractivity contribution >= 4 is 35.7 Å². The highest BCUT2D eigenvalue weighted by Gasteiger charge is 2.20. The summed E-state index contributed by atoms with van der Waals surface area (Å²) in [5.41, 5.74) is 8.45. The van der Waals surface area contributed by atoms with Crippen LogP contribution in [0.5, 0.6) is 0 Å². The molecule has 2 rings (SSSR count). The highest BCUT2D eigenvalue weighted by atomic mass is 32.1. The van der Waals surface area contributed by atoms with Crippen molar-refractivity contribution < 1.29 is 14.4 Å². The van der Waals surface area contributed by atoms with Crippen molar-refractivity contribution in [2.45, 2.75) is 25.7 Å². The van der Waals surface area contributed by atoms with Gasteiger partial charge in [0.2, 0.25) is 0 Å². The molecule has 2 N–H and O–H groups in total. The van der Waals surface area contributed by atoms with Crippen molar-refractivity contribution in [2.24, 2.45) is 0 Å². The number of nitrogens with two attached hydrogens (primary N) is 1. The Morgan fingerprint density at radius 3 is 1.78 bits per heavy atom. The maximum absolute atomic E-state index is 12.1. The van der Waals surface area contributed by atoms with Gasteiger partial charge in [0.25, 0.3) is 0 Å². The third kappa shape index (κ3) is 3.35. The Hall–Kier alpha value is -2.40. The normalized spacial score (nSPS) is 10.4. The van der Waals surface area contributed by atoms with Gasteiger partial charge >= 0.3 is 0 Å². The number of hydrogen-bond acceptors (Lipinski definition) is 5. The molecule has 0 atom stereocenters. The van der Waals surface area contributed by atoms with Crippen molar-refractivity contribution in [2.75, 3.05) is 5.73 Å². The summed E-state index contributed by atoms with van der Waals surface area (Å²) in [6, 6.07) is 8.17. The third-order valence-electron chi connectivity index (χ3n) is 3.62. The molecule has 5 heteroatoms. The zero-order valence-corrected chi connectivity index (χ0v) is 14.0. The van der Waals surface area contributed by atoms with Crippen molar-refractivity contribution in [1.29, 1.82) is 0 Å². The number of Topliss-reactive ketones (excluding diaryl/α,β-unsaturated/α-hetero) is 3. The molecule has 0 unspecified atom stereocenters. The van der Waals surface area contributed by atoms with Crippen LogP contribution in [0.15, 0.2) is 35.2 Å². The van der Waals surface area contributed by atoms with E-state index >= 15 is 0 Å². The van der Waals surface area contributed by atoms with Crippen molar-refractivity contribution in [1.82, 2.24) is 0 Å². The Labute approximate surface area is 140 Å². The molecule has 23 heavy (non-hydrogen) atoms. The molecule has 2 aromatic rings. The van der Waals surface area contributed by atoms with E-state index in [4.69, 9.17) is 5.73 Å². The minimum absolute atomic E-state index is 0.200. The first-order valence-electron chi connectivity index (χ1n) is 7.02. The smallest absolute Gasteiger partial charge is 0.160 e. The second-order valence-electron chi connectivity index (χ2n) is 5.39. The van der Waals surface area contributed by atoms with E-state index in [9.17, 15) is 14.4 Å². The number of benzene rings is 2. The molecule has 0 aliphatic heterocycles. The van der Waals surface area contributed by atoms with Crippen LogP contribution < -0.4 is 5.73 Å². The lowest BCUT2D eigenvalue weighted by atomic mass is 9.88. The first kappa shape index (κ1) is 17.0. The summed E-state index contributed by atoms with van der Waals surface area (Å²) < 4.78 is 0. The van der Waals surface area contributed by atoms with Gasteiger partial charge in [0, 0.05) is 32.8 Å². The summed E-state index contributed by atoms with van der Waals surface area (Å²) in [5, 5.41) is 0. The molecule has 0 saturated carbocycles. The minimum Gasteiger partial charge on any atom is -0.398 e. The van der Waals surface area contributed by atoms with Crippen LogP contribution in [-0.2, 0) is 0 Å². The first-order valence-corrected chi connectivity index (χ1v) is 7.46. The Bertz CT molecular complexity index is 805. The van der Waals surface area contributed by atoms with Gasteiger partial charge in [0.15, 0.2) is 17.3 Å². The topological polar surface area (TPSA) is 77.2 Å². The Balaban J connectivity index is 2.88. The standard InChI is InChI=1S/C18H17NO3S/c1-9(20)13-6-14(10(2)21)18(15(7-13)11(3)22)12-4-5-16(19)17(23)8-12/h4-8,23H,19H2,1-3H3. The van der Waals surface area contributed by atoms with E-state index < -0.39 is 0 Å². The Kier molecular flexibility index (Phi) is 4.71. The molecule has 0 aliphatic carbocycles. The number of anilines is 1. The average molecular weight is 327 g/mol. The van der Waals surface area contributed by atoms with Gasteiger partial charge in [0.05, 0.1) is 0 Å². The van der Waals surface area contributed by atoms with Gasteiger partial charge in [-0.25, -0.2) is 0 Å². The van der Waals surface area contributed by atoms with Crippen LogP contribution in [-0.4, -0.2) is 17.3 Å². The summed E-state index contributed by atoms with van der Waals surface area (Å²) in [7, 11) is 0. The molecule has 0 aromatic heterocycles. The molecule has 0 saturated heterocycles. The van der Waals surface area contributed by atoms with Gasteiger partial charge in [0.1, 0.15) is 0 Å². The van der Waals surface area contributed by atoms with Crippen molar-refractivity contribution in [3.05, 3.63) is 47.0 Å². The lowest BCUT2D eigenvalue weighted by Crippen LogP contribution is -2.08. The molecule has 0 spiro atoms. The van der Waals surface area contributed by atoms with Gasteiger partial charge in [-0.05, 0) is 50.6 Å². The molecular formula is C18H17NO3S. The number of carbonyl (C=O) groups is 3. The second-order valence-corrected chi connectivity index (χ2v) is 5.87. The van der Waals surface area contributed by atoms with Gasteiger partial charge in [-0.3, -0.25) is 14.4 Å². The fraction of sp³-hybridized carbons (Fsp3) is 0.167. The number of thiol groups is 1. The van der Waals surface area contributed by atoms with Crippen LogP contribution in [0.1, 0.15) is 51.8 Å². The number of hydrogen-bond donors (Lipinski definition) is 2. The summed E-state index contributed by atoms with van der Waals surface area (Å²) in [4.78, 5) is 36.4. The van der Waals surface area contributed by atoms with E-state index in [2.05, 4.69) is 12.6 Å². The molecule has 0 amide bonds. The van der Waals surface area contributed by atoms with Gasteiger partial charge in [-0.2, -0.15) is 0 Å². The van der Waals surface area contributed by atoms with Gasteiger partial charge in [-0.15, -0.1) is 12.6 Å². The lowest BCUT2D eigenvalue weighted by molar-refractivity contribution is 0.101. The first-order chi connectivity index (χ1) is 10.7. The summed E-state index contributed by atoms with van der Waals surface area (Å²) in [5.74, 6) is -0.639. The SMILES string of the molecule is CC(=O)c1cc(C(C)=O)c(-c2ccc(N)c(S)c2)c(C(C)=O)c1. The highest BCUT2D eigenvalue weighted by molar-refractivity contribution is 7.80. The average Bonchev–Trinajstić information content (AvgIpc) is 2.48. The van der Waals surface area contributed by atoms with Crippen LogP contribution >= 0.6 is 12.6 Å². The van der Waals surface area contributed by atoms with Crippen LogP contribution in [0.3, 0.4) is 0 Å². The maximum Gasteiger partial charge on any atom is 0.160 e. The Morgan fingerprint density at radius 1 is 0.870 bits per heavy atom. The van der Waals surface area contributed by atoms with Gasteiger partial charge in [-0.1, -0.05) is 6.07 Å². The van der Waals surface area contributed by atoms with Crippen LogP contribution in [0.4, 0.5) is 5.69 Å². The fourth-order valence-electron chi connectivity index (χ4n) is 2.41. The van der Waals surface area contributed by atoms with Crippen LogP contribution in [0, 0.1) is 0 Å². The van der Waals surface area contributed by atoms with Crippen LogP contribution in [0.25, 0.3) is 11.1 Å². The zero-order valence-electron chi connectivity index (χ0n) is 13.1. The predicted molar refractivity (Wildman–Crippen MR) is 93.6 cm³/mol. The summed E-state index contributed by atoms with van der Waals surface area (Å²) in [6.45, 7) is 4.22. The number of ketones is 3. The van der Waals surface area contributed by atoms with Crippen molar-refractivity contribution in [3.63, 3.8) is 0 Å². The Morgan fingerprint density at radius 2 is 1.39 bits per heavy atom. The predicted octanol–water partition coefficient (Wildman–Crippen LogP) is 3.83. The van der Waals surface area contributed by atoms with E-state index in [0.717, 1.165) is 0 Å². The van der Waals surface area contributed by atoms with E-state index in [0.29, 0.717) is 38.4 Å².